The molecule has 0 aliphatic carbocycles. The van der Waals surface area contributed by atoms with E-state index in [1.807, 2.05) is 13.0 Å². The molecular weight excluding hydrogens is 234 g/mol. The Bertz CT molecular complexity index is 406. The highest BCUT2D eigenvalue weighted by Gasteiger charge is 2.14. The molecule has 0 radical (unpaired) electrons. The van der Waals surface area contributed by atoms with Crippen LogP contribution >= 0.6 is 0 Å². The second-order valence-electron chi connectivity index (χ2n) is 3.73. The smallest absolute Gasteiger partial charge is 0.307 e. The summed E-state index contributed by atoms with van der Waals surface area (Å²) in [7, 11) is 2.90. The van der Waals surface area contributed by atoms with Gasteiger partial charge in [0.2, 0.25) is 0 Å². The molecule has 18 heavy (non-hydrogen) atoms. The zero-order valence-electron chi connectivity index (χ0n) is 10.9. The summed E-state index contributed by atoms with van der Waals surface area (Å²) in [5.41, 5.74) is 6.73. The fraction of sp³-hybridized carbons (Fsp3) is 0.462. The van der Waals surface area contributed by atoms with E-state index in [4.69, 9.17) is 15.2 Å². The number of hydrogen-bond acceptors (Lipinski definition) is 5. The normalized spacial score (nSPS) is 11.8. The molecule has 0 aliphatic heterocycles. The highest BCUT2D eigenvalue weighted by atomic mass is 16.5. The van der Waals surface area contributed by atoms with Crippen molar-refractivity contribution in [1.29, 1.82) is 0 Å². The van der Waals surface area contributed by atoms with Gasteiger partial charge in [-0.3, -0.25) is 4.79 Å². The topological polar surface area (TPSA) is 70.8 Å². The molecule has 0 unspecified atom stereocenters. The van der Waals surface area contributed by atoms with Crippen molar-refractivity contribution in [3.8, 4) is 11.5 Å². The molecule has 0 saturated heterocycles. The Morgan fingerprint density at radius 1 is 1.33 bits per heavy atom. The van der Waals surface area contributed by atoms with Gasteiger partial charge in [0.1, 0.15) is 0 Å². The van der Waals surface area contributed by atoms with Crippen LogP contribution in [0.2, 0.25) is 0 Å². The molecular formula is C13H19NO4. The fourth-order valence-electron chi connectivity index (χ4n) is 1.57. The summed E-state index contributed by atoms with van der Waals surface area (Å²) in [6, 6.07) is 4.97. The summed E-state index contributed by atoms with van der Waals surface area (Å²) in [5, 5.41) is 0. The predicted molar refractivity (Wildman–Crippen MR) is 67.7 cm³/mol. The van der Waals surface area contributed by atoms with Gasteiger partial charge in [0.15, 0.2) is 11.5 Å². The number of ether oxygens (including phenoxy) is 3. The molecule has 1 rings (SSSR count). The van der Waals surface area contributed by atoms with Gasteiger partial charge < -0.3 is 19.9 Å². The third-order valence-electron chi connectivity index (χ3n) is 2.53. The molecule has 0 fully saturated rings. The third kappa shape index (κ3) is 3.63. The molecule has 2 N–H and O–H groups in total. The summed E-state index contributed by atoms with van der Waals surface area (Å²) in [6.07, 6.45) is 0.133. The lowest BCUT2D eigenvalue weighted by Gasteiger charge is -2.14. The van der Waals surface area contributed by atoms with E-state index in [1.165, 1.54) is 7.11 Å². The molecule has 5 heteroatoms. The molecule has 0 heterocycles. The molecule has 0 bridgehead atoms. The standard InChI is InChI=1S/C13H19NO4/c1-4-18-11-6-5-9(7-12(11)16-2)10(14)8-13(15)17-3/h5-7,10H,4,8,14H2,1-3H3/t10-/m0/s1. The van der Waals surface area contributed by atoms with Gasteiger partial charge in [-0.25, -0.2) is 0 Å². The van der Waals surface area contributed by atoms with Crippen LogP contribution in [0.5, 0.6) is 11.5 Å². The van der Waals surface area contributed by atoms with Crippen molar-refractivity contribution >= 4 is 5.97 Å². The van der Waals surface area contributed by atoms with Crippen molar-refractivity contribution < 1.29 is 19.0 Å². The molecule has 1 atom stereocenters. The van der Waals surface area contributed by atoms with Crippen molar-refractivity contribution in [2.24, 2.45) is 5.73 Å². The lowest BCUT2D eigenvalue weighted by molar-refractivity contribution is -0.141. The van der Waals surface area contributed by atoms with Gasteiger partial charge in [0.05, 0.1) is 27.2 Å². The highest BCUT2D eigenvalue weighted by Crippen LogP contribution is 2.30. The first-order valence-electron chi connectivity index (χ1n) is 5.75. The number of esters is 1. The van der Waals surface area contributed by atoms with E-state index in [1.54, 1.807) is 19.2 Å². The van der Waals surface area contributed by atoms with Crippen LogP contribution in [0.4, 0.5) is 0 Å². The quantitative estimate of drug-likeness (QED) is 0.781. The first-order chi connectivity index (χ1) is 8.62. The van der Waals surface area contributed by atoms with Crippen LogP contribution in [-0.2, 0) is 9.53 Å². The average molecular weight is 253 g/mol. The number of hydrogen-bond donors (Lipinski definition) is 1. The Balaban J connectivity index is 2.87. The van der Waals surface area contributed by atoms with Crippen LogP contribution < -0.4 is 15.2 Å². The number of carbonyl (C=O) groups excluding carboxylic acids is 1. The van der Waals surface area contributed by atoms with E-state index < -0.39 is 6.04 Å². The predicted octanol–water partition coefficient (Wildman–Crippen LogP) is 1.66. The summed E-state index contributed by atoms with van der Waals surface area (Å²) < 4.78 is 15.2. The number of nitrogens with two attached hydrogens (primary N) is 1. The number of carbonyl (C=O) groups is 1. The van der Waals surface area contributed by atoms with Gasteiger partial charge in [-0.05, 0) is 24.6 Å². The lowest BCUT2D eigenvalue weighted by atomic mass is 10.0. The number of methoxy groups -OCH3 is 2. The molecule has 0 saturated carbocycles. The zero-order chi connectivity index (χ0) is 13.5. The van der Waals surface area contributed by atoms with Crippen LogP contribution in [0.25, 0.3) is 0 Å². The van der Waals surface area contributed by atoms with Crippen molar-refractivity contribution in [2.75, 3.05) is 20.8 Å². The Morgan fingerprint density at radius 3 is 2.61 bits per heavy atom. The van der Waals surface area contributed by atoms with Gasteiger partial charge in [0, 0.05) is 6.04 Å². The maximum absolute atomic E-state index is 11.2. The van der Waals surface area contributed by atoms with Crippen LogP contribution in [0.15, 0.2) is 18.2 Å². The second-order valence-corrected chi connectivity index (χ2v) is 3.73. The van der Waals surface area contributed by atoms with E-state index >= 15 is 0 Å². The van der Waals surface area contributed by atoms with E-state index in [9.17, 15) is 4.79 Å². The van der Waals surface area contributed by atoms with E-state index in [0.29, 0.717) is 18.1 Å². The first-order valence-corrected chi connectivity index (χ1v) is 5.75. The zero-order valence-corrected chi connectivity index (χ0v) is 10.9. The summed E-state index contributed by atoms with van der Waals surface area (Å²) in [4.78, 5) is 11.2. The van der Waals surface area contributed by atoms with E-state index in [2.05, 4.69) is 4.74 Å². The van der Waals surface area contributed by atoms with Crippen molar-refractivity contribution in [3.05, 3.63) is 23.8 Å². The van der Waals surface area contributed by atoms with Crippen molar-refractivity contribution in [2.45, 2.75) is 19.4 Å². The maximum Gasteiger partial charge on any atom is 0.307 e. The third-order valence-corrected chi connectivity index (χ3v) is 2.53. The molecule has 5 nitrogen and oxygen atoms in total. The van der Waals surface area contributed by atoms with Crippen molar-refractivity contribution in [3.63, 3.8) is 0 Å². The summed E-state index contributed by atoms with van der Waals surface area (Å²) >= 11 is 0. The molecule has 100 valence electrons. The summed E-state index contributed by atoms with van der Waals surface area (Å²) in [5.74, 6) is 0.930. The van der Waals surface area contributed by atoms with Crippen LogP contribution in [0.1, 0.15) is 24.9 Å². The van der Waals surface area contributed by atoms with Crippen LogP contribution in [-0.4, -0.2) is 26.8 Å². The fourth-order valence-corrected chi connectivity index (χ4v) is 1.57. The monoisotopic (exact) mass is 253 g/mol. The van der Waals surface area contributed by atoms with Crippen LogP contribution in [0, 0.1) is 0 Å². The first kappa shape index (κ1) is 14.3. The lowest BCUT2D eigenvalue weighted by Crippen LogP contribution is -2.16. The van der Waals surface area contributed by atoms with Gasteiger partial charge in [-0.2, -0.15) is 0 Å². The molecule has 1 aromatic rings. The highest BCUT2D eigenvalue weighted by molar-refractivity contribution is 5.70. The molecule has 0 spiro atoms. The molecule has 0 amide bonds. The van der Waals surface area contributed by atoms with E-state index in [-0.39, 0.29) is 12.4 Å². The number of rotatable bonds is 6. The van der Waals surface area contributed by atoms with Gasteiger partial charge >= 0.3 is 5.97 Å². The number of benzene rings is 1. The van der Waals surface area contributed by atoms with E-state index in [0.717, 1.165) is 5.56 Å². The Kier molecular flexibility index (Phi) is 5.45. The molecule has 0 aromatic heterocycles. The van der Waals surface area contributed by atoms with Gasteiger partial charge in [0.25, 0.3) is 0 Å². The van der Waals surface area contributed by atoms with Gasteiger partial charge in [-0.15, -0.1) is 0 Å². The summed E-state index contributed by atoms with van der Waals surface area (Å²) in [6.45, 7) is 2.46. The average Bonchev–Trinajstić information content (AvgIpc) is 2.39. The largest absolute Gasteiger partial charge is 0.493 e. The minimum Gasteiger partial charge on any atom is -0.493 e. The molecule has 0 aliphatic rings. The Hall–Kier alpha value is -1.75. The Labute approximate surface area is 107 Å². The maximum atomic E-state index is 11.2. The van der Waals surface area contributed by atoms with Crippen LogP contribution in [0.3, 0.4) is 0 Å². The second kappa shape index (κ2) is 6.86. The minimum atomic E-state index is -0.415. The SMILES string of the molecule is CCOc1ccc([C@@H](N)CC(=O)OC)cc1OC. The van der Waals surface area contributed by atoms with Gasteiger partial charge in [-0.1, -0.05) is 6.07 Å². The minimum absolute atomic E-state index is 0.133. The molecule has 1 aromatic carbocycles. The Morgan fingerprint density at radius 2 is 2.06 bits per heavy atom. The van der Waals surface area contributed by atoms with Crippen molar-refractivity contribution in [1.82, 2.24) is 0 Å².